The van der Waals surface area contributed by atoms with Gasteiger partial charge >= 0.3 is 0 Å². The normalized spacial score (nSPS) is 0. The zero-order valence-corrected chi connectivity index (χ0v) is 7.16. The van der Waals surface area contributed by atoms with Crippen molar-refractivity contribution < 1.29 is 80.1 Å². The molecule has 46 valence electrons. The summed E-state index contributed by atoms with van der Waals surface area (Å²) >= 11 is 0. The van der Waals surface area contributed by atoms with Crippen molar-refractivity contribution in [3.63, 3.8) is 0 Å². The molecular formula is H4FeMnNiO2V. The van der Waals surface area contributed by atoms with Crippen LogP contribution in [0.5, 0.6) is 0 Å². The van der Waals surface area contributed by atoms with Gasteiger partial charge in [0.15, 0.2) is 0 Å². The van der Waals surface area contributed by atoms with Crippen LogP contribution in [0.4, 0.5) is 0 Å². The Morgan fingerprint density at radius 3 is 0.833 bits per heavy atom. The summed E-state index contributed by atoms with van der Waals surface area (Å²) in [4.78, 5) is 0. The van der Waals surface area contributed by atoms with E-state index in [9.17, 15) is 0 Å². The van der Waals surface area contributed by atoms with Gasteiger partial charge in [0.1, 0.15) is 0 Å². The molecule has 0 fully saturated rings. The quantitative estimate of drug-likeness (QED) is 0.466. The topological polar surface area (TPSA) is 63.0 Å². The van der Waals surface area contributed by atoms with Crippen LogP contribution in [-0.2, 0) is 69.2 Å². The van der Waals surface area contributed by atoms with Crippen molar-refractivity contribution in [2.75, 3.05) is 0 Å². The Morgan fingerprint density at radius 1 is 0.833 bits per heavy atom. The third-order valence-corrected chi connectivity index (χ3v) is 0. The minimum Gasteiger partial charge on any atom is -0.412 e. The van der Waals surface area contributed by atoms with Gasteiger partial charge in [0.2, 0.25) is 0 Å². The predicted molar refractivity (Wildman–Crippen MR) is 7.23 cm³/mol. The van der Waals surface area contributed by atoms with Crippen molar-refractivity contribution in [2.24, 2.45) is 0 Å². The first-order valence-corrected chi connectivity index (χ1v) is 0. The molecule has 0 aliphatic rings. The largest absolute Gasteiger partial charge is 0.412 e. The Kier molecular flexibility index (Phi) is 988. The Bertz CT molecular complexity index is 13.5. The second-order valence-corrected chi connectivity index (χ2v) is 0. The smallest absolute Gasteiger partial charge is 0 e. The Hall–Kier alpha value is 2.04. The Morgan fingerprint density at radius 2 is 0.833 bits per heavy atom. The van der Waals surface area contributed by atoms with Gasteiger partial charge in [-0.15, -0.1) is 0 Å². The van der Waals surface area contributed by atoms with Gasteiger partial charge in [-0.05, 0) is 0 Å². The summed E-state index contributed by atoms with van der Waals surface area (Å²) in [7, 11) is 0. The van der Waals surface area contributed by atoms with Gasteiger partial charge < -0.3 is 11.0 Å². The molecule has 0 heterocycles. The van der Waals surface area contributed by atoms with E-state index in [0.29, 0.717) is 0 Å². The van der Waals surface area contributed by atoms with E-state index in [1.54, 1.807) is 0 Å². The SMILES string of the molecule is O.O.[Fe].[Mn].[Ni].[V]. The van der Waals surface area contributed by atoms with Gasteiger partial charge in [0, 0.05) is 69.2 Å². The molecule has 0 aromatic carbocycles. The first-order chi connectivity index (χ1) is 0. The molecule has 0 aliphatic heterocycles. The Labute approximate surface area is 79.6 Å². The monoisotopic (exact) mass is 256 g/mol. The molecule has 0 rings (SSSR count). The van der Waals surface area contributed by atoms with Gasteiger partial charge in [-0.25, -0.2) is 0 Å². The number of hydrogen-bond donors (Lipinski definition) is 0. The van der Waals surface area contributed by atoms with Crippen molar-refractivity contribution >= 4 is 0 Å². The summed E-state index contributed by atoms with van der Waals surface area (Å²) in [6, 6.07) is 0. The summed E-state index contributed by atoms with van der Waals surface area (Å²) in [5.74, 6) is 0. The molecule has 2 nitrogen and oxygen atoms in total. The summed E-state index contributed by atoms with van der Waals surface area (Å²) in [5.41, 5.74) is 0. The molecule has 0 aromatic rings. The molecule has 0 amide bonds. The van der Waals surface area contributed by atoms with Crippen molar-refractivity contribution in [1.82, 2.24) is 0 Å². The van der Waals surface area contributed by atoms with Crippen LogP contribution in [-0.4, -0.2) is 11.0 Å². The van der Waals surface area contributed by atoms with Crippen LogP contribution in [0.3, 0.4) is 0 Å². The zero-order chi connectivity index (χ0) is 0. The second-order valence-electron chi connectivity index (χ2n) is 0. The van der Waals surface area contributed by atoms with Crippen LogP contribution < -0.4 is 0 Å². The van der Waals surface area contributed by atoms with E-state index in [1.807, 2.05) is 0 Å². The molecule has 0 saturated heterocycles. The van der Waals surface area contributed by atoms with Crippen LogP contribution in [0.25, 0.3) is 0 Å². The second kappa shape index (κ2) is 61.8. The van der Waals surface area contributed by atoms with Crippen LogP contribution in [0.2, 0.25) is 0 Å². The van der Waals surface area contributed by atoms with Crippen molar-refractivity contribution in [3.8, 4) is 0 Å². The predicted octanol–water partition coefficient (Wildman–Crippen LogP) is -1.66. The average Bonchev–Trinajstić information content (AvgIpc) is 0. The van der Waals surface area contributed by atoms with E-state index in [0.717, 1.165) is 0 Å². The number of hydrogen-bond acceptors (Lipinski definition) is 0. The standard InChI is InChI=1S/Fe.Mn.Ni.2H2O.V/h;;;2*1H2;. The molecule has 0 atom stereocenters. The number of rotatable bonds is 0. The first-order valence-electron chi connectivity index (χ1n) is 0. The van der Waals surface area contributed by atoms with Gasteiger partial charge in [-0.3, -0.25) is 0 Å². The minimum absolute atomic E-state index is 0. The molecule has 0 saturated carbocycles. The zero-order valence-electron chi connectivity index (χ0n) is 2.49. The van der Waals surface area contributed by atoms with Gasteiger partial charge in [0.05, 0.1) is 0 Å². The Balaban J connectivity index is 0. The molecule has 0 unspecified atom stereocenters. The molecule has 2 radical (unpaired) electrons. The van der Waals surface area contributed by atoms with E-state index in [-0.39, 0.29) is 80.1 Å². The maximum absolute atomic E-state index is 0. The summed E-state index contributed by atoms with van der Waals surface area (Å²) < 4.78 is 0. The summed E-state index contributed by atoms with van der Waals surface area (Å²) in [6.07, 6.45) is 0. The maximum atomic E-state index is 0. The third-order valence-electron chi connectivity index (χ3n) is 0. The van der Waals surface area contributed by atoms with Crippen molar-refractivity contribution in [3.05, 3.63) is 0 Å². The van der Waals surface area contributed by atoms with Crippen LogP contribution in [0.1, 0.15) is 0 Å². The van der Waals surface area contributed by atoms with Crippen LogP contribution in [0.15, 0.2) is 0 Å². The first kappa shape index (κ1) is 95.9. The van der Waals surface area contributed by atoms with Crippen molar-refractivity contribution in [2.45, 2.75) is 0 Å². The molecular weight excluding hydrogens is 252 g/mol. The van der Waals surface area contributed by atoms with Gasteiger partial charge in [-0.1, -0.05) is 0 Å². The van der Waals surface area contributed by atoms with E-state index < -0.39 is 0 Å². The van der Waals surface area contributed by atoms with E-state index in [1.165, 1.54) is 0 Å². The fourth-order valence-electron chi connectivity index (χ4n) is 0. The fourth-order valence-corrected chi connectivity index (χ4v) is 0. The molecule has 6 heteroatoms. The molecule has 0 bridgehead atoms. The summed E-state index contributed by atoms with van der Waals surface area (Å²) in [6.45, 7) is 0. The van der Waals surface area contributed by atoms with Gasteiger partial charge in [-0.2, -0.15) is 0 Å². The molecule has 4 N–H and O–H groups in total. The molecule has 6 heavy (non-hydrogen) atoms. The summed E-state index contributed by atoms with van der Waals surface area (Å²) in [5, 5.41) is 0. The molecule has 0 aliphatic carbocycles. The molecule has 0 spiro atoms. The van der Waals surface area contributed by atoms with Crippen LogP contribution >= 0.6 is 0 Å². The van der Waals surface area contributed by atoms with Crippen molar-refractivity contribution in [1.29, 1.82) is 0 Å². The minimum atomic E-state index is 0. The van der Waals surface area contributed by atoms with Crippen LogP contribution in [0, 0.1) is 0 Å². The average molecular weight is 256 g/mol. The van der Waals surface area contributed by atoms with E-state index in [2.05, 4.69) is 0 Å². The molecule has 0 aromatic heterocycles. The maximum Gasteiger partial charge on any atom is 0 e. The third kappa shape index (κ3) is 36.9. The van der Waals surface area contributed by atoms with E-state index in [4.69, 9.17) is 0 Å². The van der Waals surface area contributed by atoms with Gasteiger partial charge in [0.25, 0.3) is 0 Å². The fraction of sp³-hybridized carbons (Fsp3) is 0. The van der Waals surface area contributed by atoms with E-state index >= 15 is 0 Å².